The van der Waals surface area contributed by atoms with Crippen LogP contribution in [0.5, 0.6) is 23.0 Å². The smallest absolute Gasteiger partial charge is 0.273 e. The van der Waals surface area contributed by atoms with Gasteiger partial charge in [-0.2, -0.15) is 5.10 Å². The number of aromatic nitrogens is 3. The van der Waals surface area contributed by atoms with E-state index in [-0.39, 0.29) is 24.6 Å². The Morgan fingerprint density at radius 3 is 2.82 bits per heavy atom. The summed E-state index contributed by atoms with van der Waals surface area (Å²) < 4.78 is 33.9. The zero-order valence-electron chi connectivity index (χ0n) is 23.8. The van der Waals surface area contributed by atoms with Crippen molar-refractivity contribution >= 4 is 17.5 Å². The molecule has 2 amide bonds. The first kappa shape index (κ1) is 27.4. The van der Waals surface area contributed by atoms with Gasteiger partial charge in [0.2, 0.25) is 0 Å². The number of hydrogen-bond acceptors (Lipinski definition) is 7. The number of rotatable bonds is 2. The van der Waals surface area contributed by atoms with Crippen LogP contribution in [-0.2, 0) is 6.42 Å². The number of amides is 2. The zero-order valence-corrected chi connectivity index (χ0v) is 23.8. The molecule has 2 aromatic heterocycles. The number of nitrogens with zero attached hydrogens (tertiary/aromatic N) is 4. The highest BCUT2D eigenvalue weighted by Gasteiger charge is 2.34. The first-order chi connectivity index (χ1) is 21.5. The number of ether oxygens (including phenoxy) is 3. The highest BCUT2D eigenvalue weighted by molar-refractivity contribution is 5.95. The Kier molecular flexibility index (Phi) is 7.05. The maximum Gasteiger partial charge on any atom is 0.273 e. The maximum absolute atomic E-state index is 14.6. The predicted molar refractivity (Wildman–Crippen MR) is 158 cm³/mol. The number of carbonyl (C=O) groups is 2. The van der Waals surface area contributed by atoms with Gasteiger partial charge < -0.3 is 24.4 Å². The molecule has 5 heterocycles. The van der Waals surface area contributed by atoms with Gasteiger partial charge in [-0.15, -0.1) is 0 Å². The van der Waals surface area contributed by atoms with Gasteiger partial charge >= 0.3 is 0 Å². The average molecular weight is 594 g/mol. The van der Waals surface area contributed by atoms with E-state index in [1.165, 1.54) is 24.5 Å². The number of hydrogen-bond donors (Lipinski definition) is 1. The summed E-state index contributed by atoms with van der Waals surface area (Å²) in [5, 5.41) is 7.03. The van der Waals surface area contributed by atoms with Crippen LogP contribution in [-0.4, -0.2) is 58.1 Å². The number of methoxy groups -OCH3 is 1. The summed E-state index contributed by atoms with van der Waals surface area (Å²) in [6.45, 7) is 0.968. The van der Waals surface area contributed by atoms with Crippen LogP contribution in [0.2, 0.25) is 0 Å². The molecule has 3 aromatic carbocycles. The van der Waals surface area contributed by atoms with Gasteiger partial charge in [0.25, 0.3) is 11.8 Å². The Hall–Kier alpha value is -5.45. The molecule has 0 radical (unpaired) electrons. The molecule has 1 N–H and O–H groups in total. The van der Waals surface area contributed by atoms with Crippen molar-refractivity contribution in [1.82, 2.24) is 24.8 Å². The van der Waals surface area contributed by atoms with E-state index in [0.717, 1.165) is 16.7 Å². The van der Waals surface area contributed by atoms with Gasteiger partial charge in [-0.05, 0) is 84.1 Å². The van der Waals surface area contributed by atoms with Crippen LogP contribution < -0.4 is 19.5 Å². The van der Waals surface area contributed by atoms with Gasteiger partial charge in [-0.3, -0.25) is 9.59 Å². The number of halogens is 1. The summed E-state index contributed by atoms with van der Waals surface area (Å²) in [7, 11) is 1.56. The lowest BCUT2D eigenvalue weighted by molar-refractivity contribution is 0.0685. The summed E-state index contributed by atoms with van der Waals surface area (Å²) >= 11 is 0. The molecule has 1 unspecified atom stereocenters. The van der Waals surface area contributed by atoms with Crippen molar-refractivity contribution < 1.29 is 28.2 Å². The molecule has 0 spiro atoms. The van der Waals surface area contributed by atoms with Crippen molar-refractivity contribution in [1.29, 1.82) is 0 Å². The first-order valence-electron chi connectivity index (χ1n) is 14.3. The molecular formula is C33H28FN5O5. The third-order valence-electron chi connectivity index (χ3n) is 7.91. The molecule has 8 rings (SSSR count). The molecule has 0 fully saturated rings. The van der Waals surface area contributed by atoms with Gasteiger partial charge in [0.05, 0.1) is 25.3 Å². The third-order valence-corrected chi connectivity index (χ3v) is 7.91. The van der Waals surface area contributed by atoms with Crippen LogP contribution in [0.4, 0.5) is 4.39 Å². The standard InChI is InChI=1S/C33H28FN5O5/c1-42-28-11-6-21-17-29(28)43-15-3-13-35-32(40)25-18-23(8-10-26(25)34)44-22-7-9-24-20(16-22)12-14-38(31(21)24)33(41)27-4-2-5-30-36-19-37-39(27)30/h2,4-11,16-19,31H,3,12-15H2,1H3,(H,35,40). The quantitative estimate of drug-likeness (QED) is 0.308. The molecule has 11 heteroatoms. The van der Waals surface area contributed by atoms with Gasteiger partial charge in [0.1, 0.15) is 29.3 Å². The van der Waals surface area contributed by atoms with Crippen LogP contribution in [0, 0.1) is 5.82 Å². The SMILES string of the molecule is COc1ccc2cc1OCCCNC(=O)c1cc(ccc1F)Oc1ccc3c(c1)CCN(C(=O)c1cccc4ncnn14)C23. The molecule has 5 aromatic rings. The Morgan fingerprint density at radius 1 is 1.07 bits per heavy atom. The van der Waals surface area contributed by atoms with Crippen molar-refractivity contribution in [2.75, 3.05) is 26.8 Å². The minimum Gasteiger partial charge on any atom is -0.493 e. The van der Waals surface area contributed by atoms with Crippen molar-refractivity contribution in [3.8, 4) is 23.0 Å². The monoisotopic (exact) mass is 593 g/mol. The van der Waals surface area contributed by atoms with Crippen molar-refractivity contribution in [3.63, 3.8) is 0 Å². The van der Waals surface area contributed by atoms with Crippen LogP contribution in [0.3, 0.4) is 0 Å². The van der Waals surface area contributed by atoms with E-state index in [1.54, 1.807) is 29.8 Å². The van der Waals surface area contributed by atoms with Crippen LogP contribution in [0.15, 0.2) is 79.1 Å². The molecule has 10 nitrogen and oxygen atoms in total. The Balaban J connectivity index is 1.35. The van der Waals surface area contributed by atoms with E-state index in [9.17, 15) is 14.0 Å². The van der Waals surface area contributed by atoms with Crippen LogP contribution in [0.1, 0.15) is 50.0 Å². The number of carbonyl (C=O) groups excluding carboxylic acids is 2. The molecule has 3 aliphatic heterocycles. The lowest BCUT2D eigenvalue weighted by atomic mass is 9.87. The summed E-state index contributed by atoms with van der Waals surface area (Å²) in [5.74, 6) is 0.561. The lowest BCUT2D eigenvalue weighted by Gasteiger charge is -2.38. The molecule has 44 heavy (non-hydrogen) atoms. The Morgan fingerprint density at radius 2 is 1.93 bits per heavy atom. The number of nitrogens with one attached hydrogen (secondary N) is 1. The number of pyridine rings is 1. The van der Waals surface area contributed by atoms with E-state index in [2.05, 4.69) is 15.4 Å². The van der Waals surface area contributed by atoms with Crippen molar-refractivity contribution in [3.05, 3.63) is 113 Å². The Labute approximate surface area is 252 Å². The zero-order chi connectivity index (χ0) is 30.2. The molecule has 0 saturated carbocycles. The fraction of sp³-hybridized carbons (Fsp3) is 0.212. The topological polar surface area (TPSA) is 107 Å². The second kappa shape index (κ2) is 11.3. The maximum atomic E-state index is 14.6. The van der Waals surface area contributed by atoms with Gasteiger partial charge in [-0.1, -0.05) is 18.2 Å². The summed E-state index contributed by atoms with van der Waals surface area (Å²) in [5.41, 5.74) is 3.65. The minimum absolute atomic E-state index is 0.103. The van der Waals surface area contributed by atoms with Gasteiger partial charge in [0, 0.05) is 13.1 Å². The first-order valence-corrected chi connectivity index (χ1v) is 14.3. The van der Waals surface area contributed by atoms with E-state index in [4.69, 9.17) is 14.2 Å². The van der Waals surface area contributed by atoms with Crippen LogP contribution in [0.25, 0.3) is 5.65 Å². The summed E-state index contributed by atoms with van der Waals surface area (Å²) in [6.07, 6.45) is 2.47. The number of fused-ring (bicyclic) bond motifs is 7. The normalized spacial score (nSPS) is 16.4. The van der Waals surface area contributed by atoms with Crippen molar-refractivity contribution in [2.45, 2.75) is 18.9 Å². The third kappa shape index (κ3) is 4.96. The second-order valence-electron chi connectivity index (χ2n) is 10.6. The minimum atomic E-state index is -0.637. The molecule has 0 saturated heterocycles. The predicted octanol–water partition coefficient (Wildman–Crippen LogP) is 4.97. The van der Waals surface area contributed by atoms with Crippen LogP contribution >= 0.6 is 0 Å². The fourth-order valence-corrected chi connectivity index (χ4v) is 5.81. The molecule has 3 aliphatic rings. The molecular weight excluding hydrogens is 565 g/mol. The highest BCUT2D eigenvalue weighted by Crippen LogP contribution is 2.41. The molecule has 0 aliphatic carbocycles. The summed E-state index contributed by atoms with van der Waals surface area (Å²) in [6, 6.07) is 20.3. The van der Waals surface area contributed by atoms with E-state index < -0.39 is 17.8 Å². The van der Waals surface area contributed by atoms with E-state index in [1.807, 2.05) is 41.3 Å². The largest absolute Gasteiger partial charge is 0.493 e. The van der Waals surface area contributed by atoms with Gasteiger partial charge in [0.15, 0.2) is 17.1 Å². The second-order valence-corrected chi connectivity index (χ2v) is 10.6. The average Bonchev–Trinajstić information content (AvgIpc) is 3.53. The molecule has 8 bridgehead atoms. The summed E-state index contributed by atoms with van der Waals surface area (Å²) in [4.78, 5) is 33.0. The molecule has 1 atom stereocenters. The highest BCUT2D eigenvalue weighted by atomic mass is 19.1. The van der Waals surface area contributed by atoms with Gasteiger partial charge in [-0.25, -0.2) is 13.9 Å². The lowest BCUT2D eigenvalue weighted by Crippen LogP contribution is -2.41. The number of benzene rings is 3. The van der Waals surface area contributed by atoms with E-state index in [0.29, 0.717) is 53.7 Å². The Bertz CT molecular complexity index is 1910. The fourth-order valence-electron chi connectivity index (χ4n) is 5.81. The van der Waals surface area contributed by atoms with Crippen molar-refractivity contribution in [2.24, 2.45) is 0 Å². The van der Waals surface area contributed by atoms with E-state index >= 15 is 0 Å². The molecule has 222 valence electrons.